The second kappa shape index (κ2) is 7.77. The number of likely N-dealkylation sites (tertiary alicyclic amines) is 1. The van der Waals surface area contributed by atoms with Crippen molar-refractivity contribution >= 4 is 17.2 Å². The maximum Gasteiger partial charge on any atom is 0.219 e. The van der Waals surface area contributed by atoms with Crippen LogP contribution in [0.3, 0.4) is 0 Å². The fourth-order valence-corrected chi connectivity index (χ4v) is 4.71. The molecular formula is C18H29N3OS. The molecule has 2 aliphatic heterocycles. The Hall–Kier alpha value is -0.910. The predicted molar refractivity (Wildman–Crippen MR) is 95.9 cm³/mol. The molecule has 0 bridgehead atoms. The summed E-state index contributed by atoms with van der Waals surface area (Å²) in [5.41, 5.74) is 0. The highest BCUT2D eigenvalue weighted by Gasteiger charge is 2.34. The summed E-state index contributed by atoms with van der Waals surface area (Å²) in [5, 5.41) is 2.17. The lowest BCUT2D eigenvalue weighted by Gasteiger charge is -2.30. The van der Waals surface area contributed by atoms with Gasteiger partial charge in [-0.25, -0.2) is 0 Å². The molecule has 2 fully saturated rings. The first-order valence-corrected chi connectivity index (χ1v) is 9.76. The van der Waals surface area contributed by atoms with Crippen molar-refractivity contribution in [2.24, 2.45) is 5.92 Å². The minimum absolute atomic E-state index is 0.226. The Bertz CT molecular complexity index is 504. The minimum Gasteiger partial charge on any atom is -0.342 e. The van der Waals surface area contributed by atoms with Crippen molar-refractivity contribution in [3.05, 3.63) is 22.4 Å². The van der Waals surface area contributed by atoms with Crippen molar-refractivity contribution in [1.82, 2.24) is 14.7 Å². The molecule has 0 N–H and O–H groups in total. The van der Waals surface area contributed by atoms with Crippen LogP contribution in [0.4, 0.5) is 0 Å². The second-order valence-corrected chi connectivity index (χ2v) is 8.06. The van der Waals surface area contributed by atoms with Gasteiger partial charge < -0.3 is 9.80 Å². The molecule has 2 saturated heterocycles. The third kappa shape index (κ3) is 4.34. The van der Waals surface area contributed by atoms with E-state index in [-0.39, 0.29) is 5.91 Å². The van der Waals surface area contributed by atoms with E-state index in [1.54, 1.807) is 6.92 Å². The zero-order valence-corrected chi connectivity index (χ0v) is 15.2. The van der Waals surface area contributed by atoms with Gasteiger partial charge in [0.2, 0.25) is 5.91 Å². The number of hydrogen-bond donors (Lipinski definition) is 0. The van der Waals surface area contributed by atoms with Gasteiger partial charge in [-0.3, -0.25) is 9.69 Å². The highest BCUT2D eigenvalue weighted by molar-refractivity contribution is 7.09. The van der Waals surface area contributed by atoms with Gasteiger partial charge in [-0.1, -0.05) is 13.0 Å². The minimum atomic E-state index is 0.226. The average Bonchev–Trinajstić information content (AvgIpc) is 3.09. The summed E-state index contributed by atoms with van der Waals surface area (Å²) in [6.07, 6.45) is 2.28. The molecule has 0 saturated carbocycles. The van der Waals surface area contributed by atoms with E-state index in [1.807, 2.05) is 16.2 Å². The van der Waals surface area contributed by atoms with E-state index in [9.17, 15) is 4.79 Å². The molecule has 0 spiro atoms. The first kappa shape index (κ1) is 16.9. The van der Waals surface area contributed by atoms with Gasteiger partial charge in [-0.05, 0) is 30.2 Å². The third-order valence-electron chi connectivity index (χ3n) is 5.35. The van der Waals surface area contributed by atoms with Crippen LogP contribution in [-0.4, -0.2) is 72.5 Å². The Labute approximate surface area is 144 Å². The Balaban J connectivity index is 1.51. The molecule has 1 aromatic rings. The predicted octanol–water partition coefficient (Wildman–Crippen LogP) is 2.17. The molecule has 1 amide bonds. The van der Waals surface area contributed by atoms with Crippen LogP contribution in [0.2, 0.25) is 0 Å². The number of hydrogen-bond acceptors (Lipinski definition) is 4. The summed E-state index contributed by atoms with van der Waals surface area (Å²) in [5.74, 6) is 0.950. The number of nitrogens with zero attached hydrogens (tertiary/aromatic N) is 3. The lowest BCUT2D eigenvalue weighted by Crippen LogP contribution is -2.43. The van der Waals surface area contributed by atoms with Gasteiger partial charge in [0.05, 0.1) is 0 Å². The number of carbonyl (C=O) groups is 1. The zero-order valence-electron chi connectivity index (χ0n) is 14.4. The summed E-state index contributed by atoms with van der Waals surface area (Å²) in [6, 6.07) is 5.05. The van der Waals surface area contributed by atoms with Crippen LogP contribution in [-0.2, 0) is 11.2 Å². The molecule has 0 aliphatic carbocycles. The monoisotopic (exact) mass is 335 g/mol. The maximum absolute atomic E-state index is 11.6. The van der Waals surface area contributed by atoms with Crippen molar-refractivity contribution in [2.45, 2.75) is 32.7 Å². The molecule has 128 valence electrons. The van der Waals surface area contributed by atoms with Gasteiger partial charge in [-0.2, -0.15) is 0 Å². The highest BCUT2D eigenvalue weighted by atomic mass is 32.1. The SMILES string of the molecule is CC(=O)N1CCCN([C@H]2CN(CCc3cccs3)C[C@H]2C)CC1. The summed E-state index contributed by atoms with van der Waals surface area (Å²) in [7, 11) is 0. The van der Waals surface area contributed by atoms with Gasteiger partial charge in [0.1, 0.15) is 0 Å². The van der Waals surface area contributed by atoms with Crippen LogP contribution >= 0.6 is 11.3 Å². The fourth-order valence-electron chi connectivity index (χ4n) is 4.01. The molecule has 2 atom stereocenters. The van der Waals surface area contributed by atoms with Crippen LogP contribution < -0.4 is 0 Å². The van der Waals surface area contributed by atoms with E-state index in [2.05, 4.69) is 34.2 Å². The Morgan fingerprint density at radius 3 is 2.87 bits per heavy atom. The molecule has 3 rings (SSSR count). The quantitative estimate of drug-likeness (QED) is 0.844. The third-order valence-corrected chi connectivity index (χ3v) is 6.28. The Morgan fingerprint density at radius 2 is 2.13 bits per heavy atom. The van der Waals surface area contributed by atoms with E-state index in [0.717, 1.165) is 38.5 Å². The van der Waals surface area contributed by atoms with Crippen LogP contribution in [0.25, 0.3) is 0 Å². The molecule has 4 nitrogen and oxygen atoms in total. The fraction of sp³-hybridized carbons (Fsp3) is 0.722. The maximum atomic E-state index is 11.6. The lowest BCUT2D eigenvalue weighted by atomic mass is 10.0. The van der Waals surface area contributed by atoms with E-state index in [4.69, 9.17) is 0 Å². The van der Waals surface area contributed by atoms with Crippen molar-refractivity contribution in [3.8, 4) is 0 Å². The summed E-state index contributed by atoms with van der Waals surface area (Å²) >= 11 is 1.87. The van der Waals surface area contributed by atoms with Gasteiger partial charge in [-0.15, -0.1) is 11.3 Å². The van der Waals surface area contributed by atoms with E-state index in [0.29, 0.717) is 6.04 Å². The summed E-state index contributed by atoms with van der Waals surface area (Å²) < 4.78 is 0. The normalized spacial score (nSPS) is 27.3. The summed E-state index contributed by atoms with van der Waals surface area (Å²) in [6.45, 7) is 11.7. The molecular weight excluding hydrogens is 306 g/mol. The number of carbonyl (C=O) groups excluding carboxylic acids is 1. The standard InChI is InChI=1S/C18H29N3OS/c1-15-13-19(9-6-17-5-3-12-23-17)14-18(15)21-8-4-7-20(10-11-21)16(2)22/h3,5,12,15,18H,4,6-11,13-14H2,1-2H3/t15-,18+/m1/s1. The van der Waals surface area contributed by atoms with Crippen LogP contribution in [0.5, 0.6) is 0 Å². The molecule has 2 aliphatic rings. The van der Waals surface area contributed by atoms with E-state index in [1.165, 1.54) is 30.9 Å². The molecule has 23 heavy (non-hydrogen) atoms. The van der Waals surface area contributed by atoms with Gasteiger partial charge in [0.25, 0.3) is 0 Å². The second-order valence-electron chi connectivity index (χ2n) is 7.03. The molecule has 1 aromatic heterocycles. The smallest absolute Gasteiger partial charge is 0.219 e. The molecule has 0 aromatic carbocycles. The number of rotatable bonds is 4. The average molecular weight is 336 g/mol. The Morgan fingerprint density at radius 1 is 1.26 bits per heavy atom. The van der Waals surface area contributed by atoms with E-state index < -0.39 is 0 Å². The van der Waals surface area contributed by atoms with Crippen molar-refractivity contribution < 1.29 is 4.79 Å². The zero-order chi connectivity index (χ0) is 16.2. The van der Waals surface area contributed by atoms with Crippen molar-refractivity contribution in [1.29, 1.82) is 0 Å². The van der Waals surface area contributed by atoms with Crippen LogP contribution in [0, 0.1) is 5.92 Å². The van der Waals surface area contributed by atoms with Gasteiger partial charge in [0, 0.05) is 63.7 Å². The van der Waals surface area contributed by atoms with Crippen LogP contribution in [0.15, 0.2) is 17.5 Å². The Kier molecular flexibility index (Phi) is 5.72. The van der Waals surface area contributed by atoms with Crippen LogP contribution in [0.1, 0.15) is 25.1 Å². The highest BCUT2D eigenvalue weighted by Crippen LogP contribution is 2.23. The first-order valence-electron chi connectivity index (χ1n) is 8.88. The van der Waals surface area contributed by atoms with E-state index >= 15 is 0 Å². The van der Waals surface area contributed by atoms with Gasteiger partial charge >= 0.3 is 0 Å². The largest absolute Gasteiger partial charge is 0.342 e. The molecule has 3 heterocycles. The molecule has 0 unspecified atom stereocenters. The molecule has 0 radical (unpaired) electrons. The molecule has 5 heteroatoms. The van der Waals surface area contributed by atoms with Crippen molar-refractivity contribution in [3.63, 3.8) is 0 Å². The van der Waals surface area contributed by atoms with Crippen molar-refractivity contribution in [2.75, 3.05) is 45.8 Å². The number of amides is 1. The topological polar surface area (TPSA) is 26.8 Å². The summed E-state index contributed by atoms with van der Waals surface area (Å²) in [4.78, 5) is 20.4. The first-order chi connectivity index (χ1) is 11.1. The lowest BCUT2D eigenvalue weighted by molar-refractivity contribution is -0.128. The van der Waals surface area contributed by atoms with Gasteiger partial charge in [0.15, 0.2) is 0 Å². The number of thiophene rings is 1.